The Bertz CT molecular complexity index is 797. The van der Waals surface area contributed by atoms with Crippen molar-refractivity contribution in [3.05, 3.63) is 40.6 Å². The van der Waals surface area contributed by atoms with Crippen molar-refractivity contribution >= 4 is 35.1 Å². The molecule has 1 aliphatic heterocycles. The second kappa shape index (κ2) is 8.13. The fraction of sp³-hybridized carbons (Fsp3) is 0.450. The summed E-state index contributed by atoms with van der Waals surface area (Å²) in [4.78, 5) is 38.5. The average molecular weight is 391 g/mol. The number of ether oxygens (including phenoxy) is 1. The zero-order valence-corrected chi connectivity index (χ0v) is 16.2. The quantitative estimate of drug-likeness (QED) is 0.615. The maximum Gasteiger partial charge on any atom is 0.338 e. The largest absolute Gasteiger partial charge is 0.459 e. The Morgan fingerprint density at radius 2 is 1.89 bits per heavy atom. The topological polar surface area (TPSA) is 75.7 Å². The number of imide groups is 1. The van der Waals surface area contributed by atoms with Crippen molar-refractivity contribution < 1.29 is 19.1 Å². The highest BCUT2D eigenvalue weighted by molar-refractivity contribution is 6.52. The van der Waals surface area contributed by atoms with E-state index in [1.807, 2.05) is 0 Å². The van der Waals surface area contributed by atoms with Crippen LogP contribution in [-0.2, 0) is 14.3 Å². The Hall–Kier alpha value is -2.34. The SMILES string of the molecule is CC(C)OC(=O)c1cccc(N2C(=O)C(Cl)=C(NC3CCCCC3)C2=O)c1. The van der Waals surface area contributed by atoms with Crippen molar-refractivity contribution in [2.75, 3.05) is 4.90 Å². The highest BCUT2D eigenvalue weighted by Crippen LogP contribution is 2.30. The number of benzene rings is 1. The second-order valence-corrected chi connectivity index (χ2v) is 7.50. The van der Waals surface area contributed by atoms with E-state index >= 15 is 0 Å². The minimum atomic E-state index is -0.589. The molecule has 27 heavy (non-hydrogen) atoms. The molecular weight excluding hydrogens is 368 g/mol. The first-order chi connectivity index (χ1) is 12.9. The van der Waals surface area contributed by atoms with Gasteiger partial charge in [0.25, 0.3) is 11.8 Å². The van der Waals surface area contributed by atoms with E-state index in [1.54, 1.807) is 32.0 Å². The number of anilines is 1. The smallest absolute Gasteiger partial charge is 0.338 e. The van der Waals surface area contributed by atoms with Gasteiger partial charge in [0.2, 0.25) is 0 Å². The normalized spacial score (nSPS) is 18.4. The van der Waals surface area contributed by atoms with Crippen molar-refractivity contribution in [3.8, 4) is 0 Å². The molecule has 0 spiro atoms. The summed E-state index contributed by atoms with van der Waals surface area (Å²) < 4.78 is 5.17. The predicted octanol–water partition coefficient (Wildman–Crippen LogP) is 3.50. The molecule has 0 aromatic heterocycles. The lowest BCUT2D eigenvalue weighted by molar-refractivity contribution is -0.120. The van der Waals surface area contributed by atoms with Gasteiger partial charge in [-0.2, -0.15) is 0 Å². The molecule has 1 fully saturated rings. The number of hydrogen-bond donors (Lipinski definition) is 1. The molecule has 0 atom stereocenters. The van der Waals surface area contributed by atoms with Crippen LogP contribution in [0.3, 0.4) is 0 Å². The van der Waals surface area contributed by atoms with Crippen LogP contribution in [0.15, 0.2) is 35.0 Å². The van der Waals surface area contributed by atoms with Crippen LogP contribution >= 0.6 is 11.6 Å². The zero-order chi connectivity index (χ0) is 19.6. The molecule has 0 unspecified atom stereocenters. The molecule has 1 saturated carbocycles. The van der Waals surface area contributed by atoms with E-state index in [9.17, 15) is 14.4 Å². The third kappa shape index (κ3) is 4.16. The van der Waals surface area contributed by atoms with Crippen LogP contribution in [0.25, 0.3) is 0 Å². The summed E-state index contributed by atoms with van der Waals surface area (Å²) >= 11 is 6.17. The molecule has 3 rings (SSSR count). The molecule has 2 amide bonds. The van der Waals surface area contributed by atoms with E-state index in [2.05, 4.69) is 5.32 Å². The monoisotopic (exact) mass is 390 g/mol. The molecule has 2 aliphatic rings. The predicted molar refractivity (Wildman–Crippen MR) is 102 cm³/mol. The first-order valence-corrected chi connectivity index (χ1v) is 9.62. The van der Waals surface area contributed by atoms with Crippen molar-refractivity contribution in [1.29, 1.82) is 0 Å². The number of nitrogens with one attached hydrogen (secondary N) is 1. The highest BCUT2D eigenvalue weighted by atomic mass is 35.5. The lowest BCUT2D eigenvalue weighted by atomic mass is 9.95. The second-order valence-electron chi connectivity index (χ2n) is 7.12. The number of amides is 2. The third-order valence-electron chi connectivity index (χ3n) is 4.66. The lowest BCUT2D eigenvalue weighted by Crippen LogP contribution is -2.37. The summed E-state index contributed by atoms with van der Waals surface area (Å²) in [6, 6.07) is 6.39. The minimum Gasteiger partial charge on any atom is -0.459 e. The molecule has 1 heterocycles. The molecule has 0 radical (unpaired) electrons. The van der Waals surface area contributed by atoms with Gasteiger partial charge in [-0.3, -0.25) is 9.59 Å². The van der Waals surface area contributed by atoms with Crippen LogP contribution in [0.2, 0.25) is 0 Å². The molecule has 1 aromatic carbocycles. The maximum absolute atomic E-state index is 12.8. The molecule has 0 bridgehead atoms. The van der Waals surface area contributed by atoms with Gasteiger partial charge in [-0.25, -0.2) is 9.69 Å². The Morgan fingerprint density at radius 3 is 2.56 bits per heavy atom. The van der Waals surface area contributed by atoms with Gasteiger partial charge in [0, 0.05) is 6.04 Å². The van der Waals surface area contributed by atoms with Gasteiger partial charge in [-0.1, -0.05) is 36.9 Å². The number of esters is 1. The Labute approximate surface area is 163 Å². The summed E-state index contributed by atoms with van der Waals surface area (Å²) in [6.45, 7) is 3.50. The third-order valence-corrected chi connectivity index (χ3v) is 5.01. The van der Waals surface area contributed by atoms with Crippen molar-refractivity contribution in [2.24, 2.45) is 0 Å². The first-order valence-electron chi connectivity index (χ1n) is 9.24. The molecule has 7 heteroatoms. The van der Waals surface area contributed by atoms with Crippen LogP contribution in [0, 0.1) is 0 Å². The van der Waals surface area contributed by atoms with Crippen molar-refractivity contribution in [2.45, 2.75) is 58.1 Å². The molecule has 1 N–H and O–H groups in total. The number of nitrogens with zero attached hydrogens (tertiary/aromatic N) is 1. The standard InChI is InChI=1S/C20H23ClN2O4/c1-12(2)27-20(26)13-7-6-10-15(11-13)23-18(24)16(21)17(19(23)25)22-14-8-4-3-5-9-14/h6-7,10-12,14,22H,3-5,8-9H2,1-2H3. The summed E-state index contributed by atoms with van der Waals surface area (Å²) in [6.07, 6.45) is 5.00. The number of carbonyl (C=O) groups excluding carboxylic acids is 3. The van der Waals surface area contributed by atoms with E-state index in [0.29, 0.717) is 5.69 Å². The Kier molecular flexibility index (Phi) is 5.85. The van der Waals surface area contributed by atoms with Gasteiger partial charge < -0.3 is 10.1 Å². The van der Waals surface area contributed by atoms with Gasteiger partial charge in [0.1, 0.15) is 10.7 Å². The molecule has 144 valence electrons. The zero-order valence-electron chi connectivity index (χ0n) is 15.5. The molecular formula is C20H23ClN2O4. The van der Waals surface area contributed by atoms with Gasteiger partial charge in [0.05, 0.1) is 17.4 Å². The summed E-state index contributed by atoms with van der Waals surface area (Å²) in [5.41, 5.74) is 0.706. The summed E-state index contributed by atoms with van der Waals surface area (Å²) in [7, 11) is 0. The van der Waals surface area contributed by atoms with Gasteiger partial charge >= 0.3 is 5.97 Å². The fourth-order valence-electron chi connectivity index (χ4n) is 3.37. The lowest BCUT2D eigenvalue weighted by Gasteiger charge is -2.24. The number of halogens is 1. The average Bonchev–Trinajstić information content (AvgIpc) is 2.85. The van der Waals surface area contributed by atoms with Crippen LogP contribution < -0.4 is 10.2 Å². The number of carbonyl (C=O) groups is 3. The Morgan fingerprint density at radius 1 is 1.19 bits per heavy atom. The number of rotatable bonds is 5. The van der Waals surface area contributed by atoms with E-state index in [4.69, 9.17) is 16.3 Å². The highest BCUT2D eigenvalue weighted by Gasteiger charge is 2.39. The van der Waals surface area contributed by atoms with Gasteiger partial charge in [-0.15, -0.1) is 0 Å². The van der Waals surface area contributed by atoms with Gasteiger partial charge in [-0.05, 0) is 44.9 Å². The molecule has 0 saturated heterocycles. The van der Waals surface area contributed by atoms with Crippen LogP contribution in [0.1, 0.15) is 56.3 Å². The summed E-state index contributed by atoms with van der Waals surface area (Å²) in [5.74, 6) is -1.59. The fourth-order valence-corrected chi connectivity index (χ4v) is 3.59. The maximum atomic E-state index is 12.8. The Balaban J connectivity index is 1.81. The van der Waals surface area contributed by atoms with Crippen LogP contribution in [0.4, 0.5) is 5.69 Å². The first kappa shape index (κ1) is 19.4. The van der Waals surface area contributed by atoms with E-state index in [0.717, 1.165) is 30.6 Å². The van der Waals surface area contributed by atoms with Crippen LogP contribution in [0.5, 0.6) is 0 Å². The van der Waals surface area contributed by atoms with Crippen molar-refractivity contribution in [3.63, 3.8) is 0 Å². The summed E-state index contributed by atoms with van der Waals surface area (Å²) in [5, 5.41) is 3.04. The van der Waals surface area contributed by atoms with Gasteiger partial charge in [0.15, 0.2) is 0 Å². The van der Waals surface area contributed by atoms with Crippen molar-refractivity contribution in [1.82, 2.24) is 5.32 Å². The van der Waals surface area contributed by atoms with Crippen LogP contribution in [-0.4, -0.2) is 29.9 Å². The molecule has 6 nitrogen and oxygen atoms in total. The minimum absolute atomic E-state index is 0.110. The molecule has 1 aromatic rings. The number of hydrogen-bond acceptors (Lipinski definition) is 5. The van der Waals surface area contributed by atoms with E-state index < -0.39 is 17.8 Å². The van der Waals surface area contributed by atoms with E-state index in [-0.39, 0.29) is 28.4 Å². The van der Waals surface area contributed by atoms with E-state index in [1.165, 1.54) is 12.5 Å². The molecule has 1 aliphatic carbocycles.